The lowest BCUT2D eigenvalue weighted by molar-refractivity contribution is -0.108. The summed E-state index contributed by atoms with van der Waals surface area (Å²) in [6.07, 6.45) is 1.20. The third-order valence-corrected chi connectivity index (χ3v) is 3.33. The summed E-state index contributed by atoms with van der Waals surface area (Å²) >= 11 is 0. The SMILES string of the molecule is NCc1ccc(C(=O)NCc2ccc(OCCC=O)cc2)cc1. The van der Waals surface area contributed by atoms with Gasteiger partial charge < -0.3 is 20.6 Å². The summed E-state index contributed by atoms with van der Waals surface area (Å²) < 4.78 is 5.39. The molecule has 0 unspecified atom stereocenters. The average molecular weight is 312 g/mol. The first-order valence-corrected chi connectivity index (χ1v) is 7.45. The van der Waals surface area contributed by atoms with Gasteiger partial charge in [0.1, 0.15) is 12.0 Å². The van der Waals surface area contributed by atoms with Crippen LogP contribution in [0.15, 0.2) is 48.5 Å². The van der Waals surface area contributed by atoms with E-state index in [0.717, 1.165) is 17.4 Å². The summed E-state index contributed by atoms with van der Waals surface area (Å²) in [5.41, 5.74) is 8.10. The molecule has 2 aromatic rings. The van der Waals surface area contributed by atoms with Crippen LogP contribution in [0.5, 0.6) is 5.75 Å². The zero-order valence-electron chi connectivity index (χ0n) is 12.8. The Labute approximate surface area is 135 Å². The molecule has 23 heavy (non-hydrogen) atoms. The number of nitrogens with two attached hydrogens (primary N) is 1. The highest BCUT2D eigenvalue weighted by Crippen LogP contribution is 2.12. The first-order chi connectivity index (χ1) is 11.2. The van der Waals surface area contributed by atoms with E-state index in [4.69, 9.17) is 10.5 Å². The number of benzene rings is 2. The molecule has 0 fully saturated rings. The molecule has 0 radical (unpaired) electrons. The van der Waals surface area contributed by atoms with Crippen LogP contribution in [0, 0.1) is 0 Å². The van der Waals surface area contributed by atoms with E-state index in [0.29, 0.717) is 37.4 Å². The Balaban J connectivity index is 1.84. The topological polar surface area (TPSA) is 81.4 Å². The molecular formula is C18H20N2O3. The van der Waals surface area contributed by atoms with Crippen molar-refractivity contribution in [1.82, 2.24) is 5.32 Å². The quantitative estimate of drug-likeness (QED) is 0.577. The van der Waals surface area contributed by atoms with Gasteiger partial charge in [0, 0.05) is 25.1 Å². The minimum absolute atomic E-state index is 0.125. The van der Waals surface area contributed by atoms with Crippen molar-refractivity contribution in [2.24, 2.45) is 5.73 Å². The molecular weight excluding hydrogens is 292 g/mol. The first-order valence-electron chi connectivity index (χ1n) is 7.45. The van der Waals surface area contributed by atoms with Crippen molar-refractivity contribution >= 4 is 12.2 Å². The Morgan fingerprint density at radius 1 is 1.04 bits per heavy atom. The van der Waals surface area contributed by atoms with E-state index in [1.807, 2.05) is 36.4 Å². The number of hydrogen-bond acceptors (Lipinski definition) is 4. The molecule has 0 aliphatic rings. The molecule has 0 spiro atoms. The molecule has 1 amide bonds. The minimum Gasteiger partial charge on any atom is -0.493 e. The van der Waals surface area contributed by atoms with Gasteiger partial charge in [-0.3, -0.25) is 4.79 Å². The van der Waals surface area contributed by atoms with Gasteiger partial charge in [-0.2, -0.15) is 0 Å². The lowest BCUT2D eigenvalue weighted by Crippen LogP contribution is -2.22. The number of ether oxygens (including phenoxy) is 1. The van der Waals surface area contributed by atoms with E-state index in [9.17, 15) is 9.59 Å². The summed E-state index contributed by atoms with van der Waals surface area (Å²) in [6, 6.07) is 14.6. The lowest BCUT2D eigenvalue weighted by atomic mass is 10.1. The number of aldehydes is 1. The van der Waals surface area contributed by atoms with Gasteiger partial charge in [0.15, 0.2) is 0 Å². The Hall–Kier alpha value is -2.66. The second-order valence-electron chi connectivity index (χ2n) is 5.03. The van der Waals surface area contributed by atoms with Crippen LogP contribution in [0.3, 0.4) is 0 Å². The van der Waals surface area contributed by atoms with Gasteiger partial charge in [-0.15, -0.1) is 0 Å². The van der Waals surface area contributed by atoms with E-state index in [1.54, 1.807) is 12.1 Å². The van der Waals surface area contributed by atoms with Gasteiger partial charge >= 0.3 is 0 Å². The summed E-state index contributed by atoms with van der Waals surface area (Å²) in [5, 5.41) is 2.87. The fourth-order valence-electron chi connectivity index (χ4n) is 2.01. The highest BCUT2D eigenvalue weighted by molar-refractivity contribution is 5.94. The zero-order chi connectivity index (χ0) is 16.5. The van der Waals surface area contributed by atoms with E-state index >= 15 is 0 Å². The predicted octanol–water partition coefficient (Wildman–Crippen LogP) is 2.04. The van der Waals surface area contributed by atoms with Crippen molar-refractivity contribution in [3.05, 3.63) is 65.2 Å². The van der Waals surface area contributed by atoms with E-state index in [-0.39, 0.29) is 5.91 Å². The Bertz CT molecular complexity index is 636. The molecule has 0 saturated heterocycles. The Morgan fingerprint density at radius 2 is 1.70 bits per heavy atom. The highest BCUT2D eigenvalue weighted by Gasteiger charge is 2.05. The third-order valence-electron chi connectivity index (χ3n) is 3.33. The Kier molecular flexibility index (Phi) is 6.32. The summed E-state index contributed by atoms with van der Waals surface area (Å²) in [6.45, 7) is 1.27. The van der Waals surface area contributed by atoms with Crippen LogP contribution in [0.1, 0.15) is 27.9 Å². The van der Waals surface area contributed by atoms with Crippen molar-refractivity contribution in [2.45, 2.75) is 19.5 Å². The molecule has 0 bridgehead atoms. The molecule has 0 atom stereocenters. The van der Waals surface area contributed by atoms with Gasteiger partial charge in [0.05, 0.1) is 6.61 Å². The van der Waals surface area contributed by atoms with E-state index in [2.05, 4.69) is 5.32 Å². The first kappa shape index (κ1) is 16.7. The van der Waals surface area contributed by atoms with Crippen LogP contribution in [-0.4, -0.2) is 18.8 Å². The molecule has 0 aliphatic carbocycles. The smallest absolute Gasteiger partial charge is 0.251 e. The van der Waals surface area contributed by atoms with Crippen molar-refractivity contribution < 1.29 is 14.3 Å². The molecule has 0 aromatic heterocycles. The lowest BCUT2D eigenvalue weighted by Gasteiger charge is -2.08. The monoisotopic (exact) mass is 312 g/mol. The number of carbonyl (C=O) groups is 2. The number of nitrogens with one attached hydrogen (secondary N) is 1. The zero-order valence-corrected chi connectivity index (χ0v) is 12.8. The van der Waals surface area contributed by atoms with Crippen LogP contribution >= 0.6 is 0 Å². The highest BCUT2D eigenvalue weighted by atomic mass is 16.5. The van der Waals surface area contributed by atoms with Gasteiger partial charge in [-0.25, -0.2) is 0 Å². The minimum atomic E-state index is -0.125. The van der Waals surface area contributed by atoms with Crippen molar-refractivity contribution in [1.29, 1.82) is 0 Å². The molecule has 5 heteroatoms. The van der Waals surface area contributed by atoms with Crippen LogP contribution < -0.4 is 15.8 Å². The van der Waals surface area contributed by atoms with E-state index < -0.39 is 0 Å². The maximum atomic E-state index is 12.1. The maximum Gasteiger partial charge on any atom is 0.251 e. The third kappa shape index (κ3) is 5.23. The molecule has 5 nitrogen and oxygen atoms in total. The van der Waals surface area contributed by atoms with Gasteiger partial charge in [-0.1, -0.05) is 24.3 Å². The van der Waals surface area contributed by atoms with Crippen molar-refractivity contribution in [3.63, 3.8) is 0 Å². The number of rotatable bonds is 8. The second kappa shape index (κ2) is 8.70. The summed E-state index contributed by atoms with van der Waals surface area (Å²) in [4.78, 5) is 22.3. The average Bonchev–Trinajstić information content (AvgIpc) is 2.61. The fourth-order valence-corrected chi connectivity index (χ4v) is 2.01. The molecule has 2 rings (SSSR count). The van der Waals surface area contributed by atoms with Crippen molar-refractivity contribution in [2.75, 3.05) is 6.61 Å². The van der Waals surface area contributed by atoms with Gasteiger partial charge in [0.25, 0.3) is 5.91 Å². The molecule has 0 heterocycles. The molecule has 120 valence electrons. The molecule has 2 aromatic carbocycles. The summed E-state index contributed by atoms with van der Waals surface area (Å²) in [5.74, 6) is 0.583. The second-order valence-corrected chi connectivity index (χ2v) is 5.03. The fraction of sp³-hybridized carbons (Fsp3) is 0.222. The number of hydrogen-bond donors (Lipinski definition) is 2. The van der Waals surface area contributed by atoms with Gasteiger partial charge in [-0.05, 0) is 35.4 Å². The largest absolute Gasteiger partial charge is 0.493 e. The van der Waals surface area contributed by atoms with Crippen molar-refractivity contribution in [3.8, 4) is 5.75 Å². The number of carbonyl (C=O) groups excluding carboxylic acids is 2. The van der Waals surface area contributed by atoms with Crippen LogP contribution in [-0.2, 0) is 17.9 Å². The van der Waals surface area contributed by atoms with Gasteiger partial charge in [0.2, 0.25) is 0 Å². The predicted molar refractivity (Wildman–Crippen MR) is 88.1 cm³/mol. The molecule has 3 N–H and O–H groups in total. The Morgan fingerprint density at radius 3 is 2.30 bits per heavy atom. The normalized spacial score (nSPS) is 10.1. The van der Waals surface area contributed by atoms with Crippen LogP contribution in [0.4, 0.5) is 0 Å². The van der Waals surface area contributed by atoms with Crippen LogP contribution in [0.25, 0.3) is 0 Å². The molecule has 0 aliphatic heterocycles. The maximum absolute atomic E-state index is 12.1. The van der Waals surface area contributed by atoms with Crippen LogP contribution in [0.2, 0.25) is 0 Å². The number of amides is 1. The standard InChI is InChI=1S/C18H20N2O3/c19-12-14-2-6-16(7-3-14)18(22)20-13-15-4-8-17(9-5-15)23-11-1-10-21/h2-10H,1,11-13,19H2,(H,20,22). The molecule has 0 saturated carbocycles. The van der Waals surface area contributed by atoms with E-state index in [1.165, 1.54) is 0 Å². The summed E-state index contributed by atoms with van der Waals surface area (Å²) in [7, 11) is 0.